The predicted molar refractivity (Wildman–Crippen MR) is 133 cm³/mol. The van der Waals surface area contributed by atoms with Crippen molar-refractivity contribution >= 4 is 23.4 Å². The molecule has 6 nitrogen and oxygen atoms in total. The van der Waals surface area contributed by atoms with Gasteiger partial charge in [-0.3, -0.25) is 9.48 Å². The Morgan fingerprint density at radius 1 is 1.03 bits per heavy atom. The zero-order valence-electron chi connectivity index (χ0n) is 18.8. The van der Waals surface area contributed by atoms with E-state index in [1.807, 2.05) is 68.3 Å². The first kappa shape index (κ1) is 23.1. The van der Waals surface area contributed by atoms with Gasteiger partial charge in [-0.05, 0) is 60.4 Å². The largest absolute Gasteiger partial charge is 0.457 e. The highest BCUT2D eigenvalue weighted by Gasteiger charge is 2.09. The molecule has 0 unspecified atom stereocenters. The summed E-state index contributed by atoms with van der Waals surface area (Å²) < 4.78 is 9.56. The summed E-state index contributed by atoms with van der Waals surface area (Å²) in [5.41, 5.74) is 3.66. The lowest BCUT2D eigenvalue weighted by molar-refractivity contribution is 0.482. The van der Waals surface area contributed by atoms with Gasteiger partial charge in [0.2, 0.25) is 0 Å². The minimum Gasteiger partial charge on any atom is -0.457 e. The number of hydrogen-bond acceptors (Lipinski definition) is 5. The molecule has 2 aromatic heterocycles. The monoisotopic (exact) mass is 480 g/mol. The van der Waals surface area contributed by atoms with Gasteiger partial charge in [0.25, 0.3) is 5.56 Å². The third-order valence-electron chi connectivity index (χ3n) is 5.19. The Bertz CT molecular complexity index is 1310. The molecule has 8 heteroatoms. The van der Waals surface area contributed by atoms with Crippen molar-refractivity contribution in [3.63, 3.8) is 0 Å². The minimum atomic E-state index is -0.182. The van der Waals surface area contributed by atoms with Crippen LogP contribution in [-0.2, 0) is 26.9 Å². The van der Waals surface area contributed by atoms with Crippen LogP contribution in [0.5, 0.6) is 11.5 Å². The molecule has 170 valence electrons. The van der Waals surface area contributed by atoms with Gasteiger partial charge < -0.3 is 9.30 Å². The Morgan fingerprint density at radius 3 is 2.48 bits per heavy atom. The number of aromatic nitrogens is 4. The first-order valence-corrected chi connectivity index (χ1v) is 11.9. The molecule has 4 rings (SSSR count). The highest BCUT2D eigenvalue weighted by Crippen LogP contribution is 2.26. The molecular weight excluding hydrogens is 456 g/mol. The van der Waals surface area contributed by atoms with Crippen LogP contribution in [0.1, 0.15) is 22.3 Å². The highest BCUT2D eigenvalue weighted by molar-refractivity contribution is 7.99. The summed E-state index contributed by atoms with van der Waals surface area (Å²) in [6.45, 7) is 1.95. The fourth-order valence-corrected chi connectivity index (χ4v) is 4.46. The van der Waals surface area contributed by atoms with E-state index >= 15 is 0 Å². The molecule has 2 heterocycles. The highest BCUT2D eigenvalue weighted by atomic mass is 35.5. The fourth-order valence-electron chi connectivity index (χ4n) is 3.42. The van der Waals surface area contributed by atoms with Gasteiger partial charge >= 0.3 is 0 Å². The first-order valence-electron chi connectivity index (χ1n) is 10.6. The van der Waals surface area contributed by atoms with E-state index < -0.39 is 0 Å². The fraction of sp³-hybridized carbons (Fsp3) is 0.240. The lowest BCUT2D eigenvalue weighted by Gasteiger charge is -2.10. The van der Waals surface area contributed by atoms with Gasteiger partial charge in [-0.15, -0.1) is 0 Å². The quantitative estimate of drug-likeness (QED) is 0.256. The van der Waals surface area contributed by atoms with E-state index in [1.54, 1.807) is 22.6 Å². The number of halogens is 1. The number of ether oxygens (including phenoxy) is 1. The molecule has 0 aliphatic heterocycles. The number of thioether (sulfide) groups is 1. The number of hydrogen-bond donors (Lipinski definition) is 0. The molecule has 0 saturated heterocycles. The van der Waals surface area contributed by atoms with E-state index in [4.69, 9.17) is 16.3 Å². The predicted octanol–water partition coefficient (Wildman–Crippen LogP) is 5.19. The van der Waals surface area contributed by atoms with Crippen LogP contribution in [0.4, 0.5) is 0 Å². The zero-order chi connectivity index (χ0) is 23.4. The van der Waals surface area contributed by atoms with Crippen molar-refractivity contribution in [2.24, 2.45) is 14.1 Å². The van der Waals surface area contributed by atoms with E-state index in [0.29, 0.717) is 17.1 Å². The smallest absolute Gasteiger partial charge is 0.277 e. The Kier molecular flexibility index (Phi) is 7.20. The molecule has 0 atom stereocenters. The third kappa shape index (κ3) is 6.06. The zero-order valence-corrected chi connectivity index (χ0v) is 20.4. The Morgan fingerprint density at radius 2 is 1.79 bits per heavy atom. The van der Waals surface area contributed by atoms with Crippen LogP contribution in [0.25, 0.3) is 0 Å². The Balaban J connectivity index is 1.32. The maximum atomic E-state index is 12.5. The maximum Gasteiger partial charge on any atom is 0.277 e. The topological polar surface area (TPSA) is 61.9 Å². The summed E-state index contributed by atoms with van der Waals surface area (Å²) >= 11 is 7.65. The van der Waals surface area contributed by atoms with Crippen LogP contribution in [-0.4, -0.2) is 25.1 Å². The van der Waals surface area contributed by atoms with Gasteiger partial charge in [-0.25, -0.2) is 0 Å². The van der Waals surface area contributed by atoms with Crippen LogP contribution in [0, 0.1) is 6.92 Å². The Hall–Kier alpha value is -3.03. The molecule has 0 fully saturated rings. The Labute approximate surface area is 202 Å². The second-order valence-electron chi connectivity index (χ2n) is 7.92. The average Bonchev–Trinajstić information content (AvgIpc) is 3.20. The van der Waals surface area contributed by atoms with Crippen LogP contribution in [0.3, 0.4) is 0 Å². The number of nitrogens with zero attached hydrogens (tertiary/aromatic N) is 4. The van der Waals surface area contributed by atoms with E-state index in [9.17, 15) is 4.79 Å². The normalized spacial score (nSPS) is 11.0. The van der Waals surface area contributed by atoms with Crippen molar-refractivity contribution in [2.45, 2.75) is 24.9 Å². The second kappa shape index (κ2) is 10.3. The van der Waals surface area contributed by atoms with Crippen molar-refractivity contribution < 1.29 is 4.74 Å². The molecule has 0 aliphatic rings. The summed E-state index contributed by atoms with van der Waals surface area (Å²) in [6, 6.07) is 13.7. The molecule has 0 amide bonds. The molecule has 2 aromatic carbocycles. The summed E-state index contributed by atoms with van der Waals surface area (Å²) in [7, 11) is 3.78. The molecule has 0 bridgehead atoms. The van der Waals surface area contributed by atoms with Crippen molar-refractivity contribution in [1.82, 2.24) is 19.3 Å². The average molecular weight is 481 g/mol. The van der Waals surface area contributed by atoms with Crippen molar-refractivity contribution in [3.8, 4) is 11.5 Å². The van der Waals surface area contributed by atoms with Crippen molar-refractivity contribution in [3.05, 3.63) is 98.7 Å². The molecule has 0 saturated carbocycles. The first-order chi connectivity index (χ1) is 15.9. The van der Waals surface area contributed by atoms with Crippen LogP contribution >= 0.6 is 23.4 Å². The van der Waals surface area contributed by atoms with Crippen LogP contribution < -0.4 is 10.3 Å². The van der Waals surface area contributed by atoms with Crippen molar-refractivity contribution in [2.75, 3.05) is 5.75 Å². The molecule has 0 spiro atoms. The molecular formula is C25H25ClN4O2S. The van der Waals surface area contributed by atoms with E-state index in [1.165, 1.54) is 5.56 Å². The summed E-state index contributed by atoms with van der Waals surface area (Å²) in [6.07, 6.45) is 6.94. The third-order valence-corrected chi connectivity index (χ3v) is 6.66. The van der Waals surface area contributed by atoms with E-state index in [-0.39, 0.29) is 5.56 Å². The summed E-state index contributed by atoms with van der Waals surface area (Å²) in [4.78, 5) is 16.8. The van der Waals surface area contributed by atoms with Crippen LogP contribution in [0.2, 0.25) is 5.02 Å². The minimum absolute atomic E-state index is 0.182. The molecule has 0 aliphatic carbocycles. The lowest BCUT2D eigenvalue weighted by atomic mass is 10.1. The number of aryl methyl sites for hydroxylation is 4. The number of benzene rings is 2. The SMILES string of the molecule is Cc1cc(Oc2ccc(CCSc3nc(=O)c(Cc4cnn(C)c4)cn3C)cc2)ccc1Cl. The van der Waals surface area contributed by atoms with Gasteiger partial charge in [0.1, 0.15) is 11.5 Å². The van der Waals surface area contributed by atoms with Crippen molar-refractivity contribution in [1.29, 1.82) is 0 Å². The van der Waals surface area contributed by atoms with E-state index in [0.717, 1.165) is 39.8 Å². The number of rotatable bonds is 8. The maximum absolute atomic E-state index is 12.5. The molecule has 33 heavy (non-hydrogen) atoms. The lowest BCUT2D eigenvalue weighted by Crippen LogP contribution is -2.18. The molecule has 4 aromatic rings. The van der Waals surface area contributed by atoms with Gasteiger partial charge in [0, 0.05) is 49.2 Å². The summed E-state index contributed by atoms with van der Waals surface area (Å²) in [5.74, 6) is 2.36. The van der Waals surface area contributed by atoms with Crippen LogP contribution in [0.15, 0.2) is 71.0 Å². The second-order valence-corrected chi connectivity index (χ2v) is 9.39. The van der Waals surface area contributed by atoms with Gasteiger partial charge in [0.15, 0.2) is 5.16 Å². The standard InChI is InChI=1S/C25H25ClN4O2S/c1-17-12-22(8-9-23(17)26)32-21-6-4-18(5-7-21)10-11-33-25-28-24(31)20(16-29(25)2)13-19-14-27-30(3)15-19/h4-9,12,14-16H,10-11,13H2,1-3H3. The van der Waals surface area contributed by atoms with Gasteiger partial charge in [-0.1, -0.05) is 35.5 Å². The molecule has 0 N–H and O–H groups in total. The van der Waals surface area contributed by atoms with Gasteiger partial charge in [-0.2, -0.15) is 10.1 Å². The summed E-state index contributed by atoms with van der Waals surface area (Å²) in [5, 5.41) is 5.60. The van der Waals surface area contributed by atoms with E-state index in [2.05, 4.69) is 22.2 Å². The van der Waals surface area contributed by atoms with Gasteiger partial charge in [0.05, 0.1) is 6.20 Å². The molecule has 0 radical (unpaired) electrons.